The molecule has 4 rings (SSSR count). The Balaban J connectivity index is 1.64. The largest absolute Gasteiger partial charge is 0.278 e. The summed E-state index contributed by atoms with van der Waals surface area (Å²) < 4.78 is 29.3. The summed E-state index contributed by atoms with van der Waals surface area (Å²) >= 11 is 1.45. The third-order valence-corrected chi connectivity index (χ3v) is 9.27. The molecular formula is C29H34N4O3S2. The first-order chi connectivity index (χ1) is 18.3. The van der Waals surface area contributed by atoms with E-state index in [0.29, 0.717) is 23.8 Å². The number of carbonyl (C=O) groups is 1. The van der Waals surface area contributed by atoms with E-state index in [4.69, 9.17) is 4.98 Å². The van der Waals surface area contributed by atoms with E-state index in [0.717, 1.165) is 47.2 Å². The van der Waals surface area contributed by atoms with Crippen LogP contribution in [-0.2, 0) is 16.6 Å². The number of carbonyl (C=O) groups excluding carboxylic acids is 1. The summed E-state index contributed by atoms with van der Waals surface area (Å²) in [5.74, 6) is -0.260. The van der Waals surface area contributed by atoms with Gasteiger partial charge in [0.05, 0.1) is 27.4 Å². The van der Waals surface area contributed by atoms with Crippen LogP contribution in [0.2, 0.25) is 0 Å². The number of anilines is 1. The number of thiazole rings is 1. The molecule has 0 aliphatic rings. The van der Waals surface area contributed by atoms with E-state index in [2.05, 4.69) is 11.1 Å². The maximum atomic E-state index is 13.8. The molecule has 0 saturated heterocycles. The fourth-order valence-electron chi connectivity index (χ4n) is 4.11. The number of rotatable bonds is 12. The molecule has 1 amide bonds. The van der Waals surface area contributed by atoms with Gasteiger partial charge in [0, 0.05) is 24.8 Å². The Morgan fingerprint density at radius 3 is 2.29 bits per heavy atom. The number of amides is 1. The van der Waals surface area contributed by atoms with Gasteiger partial charge in [-0.25, -0.2) is 13.4 Å². The second-order valence-electron chi connectivity index (χ2n) is 9.32. The molecule has 7 nitrogen and oxygen atoms in total. The van der Waals surface area contributed by atoms with Gasteiger partial charge in [-0.15, -0.1) is 0 Å². The summed E-state index contributed by atoms with van der Waals surface area (Å²) in [7, 11) is -3.64. The number of benzene rings is 2. The molecule has 0 fully saturated rings. The van der Waals surface area contributed by atoms with Gasteiger partial charge in [-0.2, -0.15) is 4.31 Å². The van der Waals surface area contributed by atoms with Crippen LogP contribution in [0.15, 0.2) is 71.8 Å². The predicted molar refractivity (Wildman–Crippen MR) is 154 cm³/mol. The Hall–Kier alpha value is -3.14. The molecule has 9 heteroatoms. The number of unbranched alkanes of at least 4 members (excludes halogenated alkanes) is 2. The number of hydrogen-bond donors (Lipinski definition) is 0. The average molecular weight is 551 g/mol. The molecule has 0 aliphatic carbocycles. The molecule has 38 heavy (non-hydrogen) atoms. The standard InChI is InChI=1S/C29H34N4O3S2/c1-4-6-18-32(19-7-5-2)38(35,36)25-14-12-23(13-15-25)28(34)33(21-24-10-8-9-17-30-24)29-31-26-16-11-22(3)20-27(26)37-29/h8-17,20H,4-7,18-19,21H2,1-3H3. The third-order valence-electron chi connectivity index (χ3n) is 6.32. The summed E-state index contributed by atoms with van der Waals surface area (Å²) in [6.07, 6.45) is 5.15. The second-order valence-corrected chi connectivity index (χ2v) is 12.3. The number of aryl methyl sites for hydroxylation is 1. The van der Waals surface area contributed by atoms with Crippen molar-refractivity contribution >= 4 is 42.6 Å². The zero-order valence-corrected chi connectivity index (χ0v) is 23.8. The van der Waals surface area contributed by atoms with Gasteiger partial charge in [-0.1, -0.05) is 50.2 Å². The number of nitrogens with zero attached hydrogens (tertiary/aromatic N) is 4. The van der Waals surface area contributed by atoms with Gasteiger partial charge < -0.3 is 0 Å². The highest BCUT2D eigenvalue weighted by Crippen LogP contribution is 2.31. The smallest absolute Gasteiger partial charge is 0.260 e. The molecule has 0 atom stereocenters. The SMILES string of the molecule is CCCCN(CCCC)S(=O)(=O)c1ccc(C(=O)N(Cc2ccccn2)c2nc3ccc(C)cc3s2)cc1. The van der Waals surface area contributed by atoms with Crippen molar-refractivity contribution in [1.29, 1.82) is 0 Å². The number of aromatic nitrogens is 2. The topological polar surface area (TPSA) is 83.5 Å². The van der Waals surface area contributed by atoms with Gasteiger partial charge in [0.1, 0.15) is 0 Å². The molecule has 0 radical (unpaired) electrons. The molecule has 0 aliphatic heterocycles. The number of hydrogen-bond acceptors (Lipinski definition) is 6. The maximum absolute atomic E-state index is 13.8. The summed E-state index contributed by atoms with van der Waals surface area (Å²) in [6.45, 7) is 7.36. The van der Waals surface area contributed by atoms with E-state index in [1.807, 2.05) is 51.1 Å². The molecule has 4 aromatic rings. The van der Waals surface area contributed by atoms with Crippen molar-refractivity contribution in [3.05, 3.63) is 83.7 Å². The van der Waals surface area contributed by atoms with E-state index in [-0.39, 0.29) is 17.3 Å². The minimum Gasteiger partial charge on any atom is -0.278 e. The molecule has 0 N–H and O–H groups in total. The number of pyridine rings is 1. The average Bonchev–Trinajstić information content (AvgIpc) is 3.35. The van der Waals surface area contributed by atoms with Gasteiger partial charge in [-0.05, 0) is 73.9 Å². The number of fused-ring (bicyclic) bond motifs is 1. The minimum absolute atomic E-state index is 0.202. The molecule has 0 bridgehead atoms. The molecule has 200 valence electrons. The van der Waals surface area contributed by atoms with Crippen LogP contribution in [0.3, 0.4) is 0 Å². The maximum Gasteiger partial charge on any atom is 0.260 e. The summed E-state index contributed by atoms with van der Waals surface area (Å²) in [6, 6.07) is 17.9. The van der Waals surface area contributed by atoms with Crippen molar-refractivity contribution in [2.45, 2.75) is 57.9 Å². The van der Waals surface area contributed by atoms with Crippen LogP contribution in [0, 0.1) is 6.92 Å². The van der Waals surface area contributed by atoms with Crippen molar-refractivity contribution in [3.8, 4) is 0 Å². The van der Waals surface area contributed by atoms with E-state index < -0.39 is 10.0 Å². The van der Waals surface area contributed by atoms with Crippen molar-refractivity contribution in [2.24, 2.45) is 0 Å². The zero-order chi connectivity index (χ0) is 27.1. The Morgan fingerprint density at radius 1 is 0.947 bits per heavy atom. The lowest BCUT2D eigenvalue weighted by Gasteiger charge is -2.22. The van der Waals surface area contributed by atoms with Crippen LogP contribution < -0.4 is 4.90 Å². The normalized spacial score (nSPS) is 11.8. The van der Waals surface area contributed by atoms with Crippen LogP contribution in [0.5, 0.6) is 0 Å². The highest BCUT2D eigenvalue weighted by molar-refractivity contribution is 7.89. The monoisotopic (exact) mass is 550 g/mol. The highest BCUT2D eigenvalue weighted by Gasteiger charge is 2.26. The Kier molecular flexibility index (Phi) is 9.25. The molecule has 2 aromatic carbocycles. The predicted octanol–water partition coefficient (Wildman–Crippen LogP) is 6.44. The van der Waals surface area contributed by atoms with Crippen molar-refractivity contribution in [1.82, 2.24) is 14.3 Å². The van der Waals surface area contributed by atoms with E-state index in [1.165, 1.54) is 23.5 Å². The lowest BCUT2D eigenvalue weighted by Crippen LogP contribution is -2.33. The van der Waals surface area contributed by atoms with E-state index >= 15 is 0 Å². The Morgan fingerprint density at radius 2 is 1.66 bits per heavy atom. The van der Waals surface area contributed by atoms with Crippen LogP contribution >= 0.6 is 11.3 Å². The van der Waals surface area contributed by atoms with Crippen molar-refractivity contribution < 1.29 is 13.2 Å². The Bertz CT molecular complexity index is 1460. The number of sulfonamides is 1. The summed E-state index contributed by atoms with van der Waals surface area (Å²) in [5.41, 5.74) is 3.08. The summed E-state index contributed by atoms with van der Waals surface area (Å²) in [4.78, 5) is 24.7. The third kappa shape index (κ3) is 6.46. The molecule has 0 saturated carbocycles. The van der Waals surface area contributed by atoms with Crippen LogP contribution in [0.4, 0.5) is 5.13 Å². The van der Waals surface area contributed by atoms with Crippen LogP contribution in [0.1, 0.15) is 61.1 Å². The first kappa shape index (κ1) is 27.9. The van der Waals surface area contributed by atoms with Gasteiger partial charge in [0.25, 0.3) is 5.91 Å². The molecule has 0 spiro atoms. The Labute approximate surface area is 229 Å². The van der Waals surface area contributed by atoms with Gasteiger partial charge in [0.15, 0.2) is 5.13 Å². The molecule has 0 unspecified atom stereocenters. The fourth-order valence-corrected chi connectivity index (χ4v) is 6.69. The zero-order valence-electron chi connectivity index (χ0n) is 22.1. The fraction of sp³-hybridized carbons (Fsp3) is 0.345. The first-order valence-electron chi connectivity index (χ1n) is 13.0. The molecule has 2 aromatic heterocycles. The van der Waals surface area contributed by atoms with Gasteiger partial charge >= 0.3 is 0 Å². The van der Waals surface area contributed by atoms with Gasteiger partial charge in [-0.3, -0.25) is 14.7 Å². The van der Waals surface area contributed by atoms with Crippen molar-refractivity contribution in [2.75, 3.05) is 18.0 Å². The van der Waals surface area contributed by atoms with Crippen molar-refractivity contribution in [3.63, 3.8) is 0 Å². The van der Waals surface area contributed by atoms with Gasteiger partial charge in [0.2, 0.25) is 10.0 Å². The van der Waals surface area contributed by atoms with E-state index in [1.54, 1.807) is 27.5 Å². The molecule has 2 heterocycles. The van der Waals surface area contributed by atoms with Crippen LogP contribution in [-0.4, -0.2) is 41.7 Å². The first-order valence-corrected chi connectivity index (χ1v) is 15.3. The second kappa shape index (κ2) is 12.6. The highest BCUT2D eigenvalue weighted by atomic mass is 32.2. The quantitative estimate of drug-likeness (QED) is 0.203. The minimum atomic E-state index is -3.64. The molecular weight excluding hydrogens is 516 g/mol. The van der Waals surface area contributed by atoms with Crippen LogP contribution in [0.25, 0.3) is 10.2 Å². The summed E-state index contributed by atoms with van der Waals surface area (Å²) in [5, 5.41) is 0.572. The lowest BCUT2D eigenvalue weighted by atomic mass is 10.2. The lowest BCUT2D eigenvalue weighted by molar-refractivity contribution is 0.0984. The van der Waals surface area contributed by atoms with E-state index in [9.17, 15) is 13.2 Å².